The zero-order valence-electron chi connectivity index (χ0n) is 20.7. The first kappa shape index (κ1) is 31.8. The van der Waals surface area contributed by atoms with Crippen LogP contribution in [0.15, 0.2) is 12.7 Å². The summed E-state index contributed by atoms with van der Waals surface area (Å²) in [6, 6.07) is 0. The van der Waals surface area contributed by atoms with E-state index in [9.17, 15) is 4.79 Å². The van der Waals surface area contributed by atoms with E-state index in [0.29, 0.717) is 0 Å². The van der Waals surface area contributed by atoms with Gasteiger partial charge in [-0.1, -0.05) is 110 Å². The maximum atomic E-state index is 11.4. The van der Waals surface area contributed by atoms with E-state index in [4.69, 9.17) is 4.74 Å². The lowest BCUT2D eigenvalue weighted by Gasteiger charge is -2.34. The van der Waals surface area contributed by atoms with Crippen molar-refractivity contribution in [3.63, 3.8) is 0 Å². The predicted octanol–water partition coefficient (Wildman–Crippen LogP) is 4.79. The second kappa shape index (κ2) is 21.9. The first-order valence-corrected chi connectivity index (χ1v) is 12.6. The summed E-state index contributed by atoms with van der Waals surface area (Å²) in [6.45, 7) is 8.76. The normalized spacial score (nSPS) is 12.3. The van der Waals surface area contributed by atoms with Gasteiger partial charge >= 0.3 is 5.97 Å². The van der Waals surface area contributed by atoms with Crippen LogP contribution in [0.25, 0.3) is 0 Å². The van der Waals surface area contributed by atoms with E-state index in [0.717, 1.165) is 11.0 Å². The third-order valence-corrected chi connectivity index (χ3v) is 6.28. The minimum Gasteiger partial charge on any atom is -1.00 e. The quantitative estimate of drug-likeness (QED) is 0.0760. The molecule has 0 aromatic rings. The molecule has 1 unspecified atom stereocenters. The minimum absolute atomic E-state index is 0. The molecule has 0 aromatic carbocycles. The molecule has 0 saturated heterocycles. The van der Waals surface area contributed by atoms with Gasteiger partial charge in [-0.05, 0) is 12.8 Å². The van der Waals surface area contributed by atoms with Crippen molar-refractivity contribution in [1.82, 2.24) is 0 Å². The van der Waals surface area contributed by atoms with Crippen molar-refractivity contribution in [2.75, 3.05) is 20.6 Å². The standard InChI is InChI=1S/C26H52NO2.BrH/c1-6-8-9-10-11-12-13-14-15-16-17-18-19-20-21-22-23-24-27(4,5)25(3)29-26(28)7-2;/h7,25H,2,6,8-24H2,1,3-5H3;1H/q+1;/p-1. The maximum absolute atomic E-state index is 11.4. The molecule has 0 rings (SSSR count). The predicted molar refractivity (Wildman–Crippen MR) is 127 cm³/mol. The van der Waals surface area contributed by atoms with Gasteiger partial charge in [0.05, 0.1) is 20.6 Å². The summed E-state index contributed by atoms with van der Waals surface area (Å²) >= 11 is 0. The highest BCUT2D eigenvalue weighted by atomic mass is 79.9. The first-order chi connectivity index (χ1) is 13.9. The fraction of sp³-hybridized carbons (Fsp3) is 0.885. The Bertz CT molecular complexity index is 398. The fourth-order valence-corrected chi connectivity index (χ4v) is 3.78. The van der Waals surface area contributed by atoms with E-state index in [1.807, 2.05) is 6.92 Å². The van der Waals surface area contributed by atoms with Gasteiger partial charge in [0, 0.05) is 13.0 Å². The summed E-state index contributed by atoms with van der Waals surface area (Å²) in [5, 5.41) is 0. The first-order valence-electron chi connectivity index (χ1n) is 12.6. The van der Waals surface area contributed by atoms with Crippen LogP contribution in [0.4, 0.5) is 0 Å². The average Bonchev–Trinajstić information content (AvgIpc) is 2.70. The van der Waals surface area contributed by atoms with E-state index in [2.05, 4.69) is 27.6 Å². The molecule has 0 saturated carbocycles. The molecule has 0 bridgehead atoms. The number of hydrogen-bond acceptors (Lipinski definition) is 2. The van der Waals surface area contributed by atoms with Crippen LogP contribution in [0.1, 0.15) is 123 Å². The Morgan fingerprint density at radius 1 is 0.767 bits per heavy atom. The van der Waals surface area contributed by atoms with Crippen LogP contribution in [0, 0.1) is 0 Å². The lowest BCUT2D eigenvalue weighted by molar-refractivity contribution is -0.932. The summed E-state index contributed by atoms with van der Waals surface area (Å²) in [5.74, 6) is -0.328. The van der Waals surface area contributed by atoms with Crippen molar-refractivity contribution in [3.8, 4) is 0 Å². The van der Waals surface area contributed by atoms with Gasteiger partial charge < -0.3 is 21.7 Å². The van der Waals surface area contributed by atoms with E-state index in [-0.39, 0.29) is 29.2 Å². The molecule has 0 heterocycles. The molecular formula is C26H52BrNO2. The van der Waals surface area contributed by atoms with Crippen LogP contribution in [0.5, 0.6) is 0 Å². The largest absolute Gasteiger partial charge is 1.00 e. The monoisotopic (exact) mass is 489 g/mol. The van der Waals surface area contributed by atoms with Crippen molar-refractivity contribution in [1.29, 1.82) is 0 Å². The molecule has 0 aliphatic heterocycles. The number of unbranched alkanes of at least 4 members (excludes halogenated alkanes) is 16. The number of carbonyl (C=O) groups excluding carboxylic acids is 1. The Hall–Kier alpha value is -0.350. The van der Waals surface area contributed by atoms with Crippen molar-refractivity contribution < 1.29 is 31.0 Å². The summed E-state index contributed by atoms with van der Waals surface area (Å²) in [4.78, 5) is 11.4. The Balaban J connectivity index is 0. The van der Waals surface area contributed by atoms with Gasteiger partial charge in [0.25, 0.3) is 0 Å². The highest BCUT2D eigenvalue weighted by molar-refractivity contribution is 5.81. The van der Waals surface area contributed by atoms with E-state index >= 15 is 0 Å². The second-order valence-corrected chi connectivity index (χ2v) is 9.40. The topological polar surface area (TPSA) is 26.3 Å². The zero-order valence-corrected chi connectivity index (χ0v) is 22.3. The maximum Gasteiger partial charge on any atom is 0.334 e. The number of nitrogens with zero attached hydrogens (tertiary/aromatic N) is 1. The number of rotatable bonds is 21. The fourth-order valence-electron chi connectivity index (χ4n) is 3.78. The number of carbonyl (C=O) groups is 1. The van der Waals surface area contributed by atoms with Crippen molar-refractivity contribution >= 4 is 5.97 Å². The Morgan fingerprint density at radius 3 is 1.43 bits per heavy atom. The van der Waals surface area contributed by atoms with Crippen LogP contribution in [-0.4, -0.2) is 37.3 Å². The number of halogens is 1. The minimum atomic E-state index is -0.328. The second-order valence-electron chi connectivity index (χ2n) is 9.40. The molecule has 0 aromatic heterocycles. The van der Waals surface area contributed by atoms with Crippen molar-refractivity contribution in [2.24, 2.45) is 0 Å². The smallest absolute Gasteiger partial charge is 0.334 e. The summed E-state index contributed by atoms with van der Waals surface area (Å²) < 4.78 is 6.08. The number of hydrogen-bond donors (Lipinski definition) is 0. The molecule has 0 amide bonds. The van der Waals surface area contributed by atoms with Gasteiger partial charge in [0.15, 0.2) is 0 Å². The molecule has 3 nitrogen and oxygen atoms in total. The third kappa shape index (κ3) is 19.6. The van der Waals surface area contributed by atoms with Gasteiger partial charge in [0.1, 0.15) is 0 Å². The number of ether oxygens (including phenoxy) is 1. The lowest BCUT2D eigenvalue weighted by Crippen LogP contribution is -3.00. The third-order valence-electron chi connectivity index (χ3n) is 6.28. The molecule has 0 spiro atoms. The van der Waals surface area contributed by atoms with Crippen LogP contribution in [0.3, 0.4) is 0 Å². The van der Waals surface area contributed by atoms with E-state index in [1.54, 1.807) is 0 Å². The Labute approximate surface area is 199 Å². The summed E-state index contributed by atoms with van der Waals surface area (Å²) in [6.07, 6.45) is 24.9. The highest BCUT2D eigenvalue weighted by Crippen LogP contribution is 2.15. The molecule has 0 aliphatic carbocycles. The molecule has 0 fully saturated rings. The summed E-state index contributed by atoms with van der Waals surface area (Å²) in [5.41, 5.74) is 0. The lowest BCUT2D eigenvalue weighted by atomic mass is 10.0. The van der Waals surface area contributed by atoms with Gasteiger partial charge in [-0.3, -0.25) is 4.48 Å². The van der Waals surface area contributed by atoms with Crippen molar-refractivity contribution in [2.45, 2.75) is 129 Å². The molecule has 0 N–H and O–H groups in total. The van der Waals surface area contributed by atoms with Gasteiger partial charge in [0.2, 0.25) is 6.23 Å². The van der Waals surface area contributed by atoms with Crippen LogP contribution >= 0.6 is 0 Å². The molecule has 4 heteroatoms. The molecular weight excluding hydrogens is 438 g/mol. The van der Waals surface area contributed by atoms with Gasteiger partial charge in [-0.2, -0.15) is 0 Å². The van der Waals surface area contributed by atoms with Gasteiger partial charge in [-0.15, -0.1) is 0 Å². The van der Waals surface area contributed by atoms with Crippen molar-refractivity contribution in [3.05, 3.63) is 12.7 Å². The van der Waals surface area contributed by atoms with E-state index < -0.39 is 0 Å². The van der Waals surface area contributed by atoms with Crippen LogP contribution in [0.2, 0.25) is 0 Å². The van der Waals surface area contributed by atoms with Crippen LogP contribution < -0.4 is 17.0 Å². The summed E-state index contributed by atoms with van der Waals surface area (Å²) in [7, 11) is 4.26. The molecule has 180 valence electrons. The van der Waals surface area contributed by atoms with Crippen LogP contribution in [-0.2, 0) is 9.53 Å². The van der Waals surface area contributed by atoms with Gasteiger partial charge in [-0.25, -0.2) is 4.79 Å². The Kier molecular flexibility index (Phi) is 23.2. The molecule has 30 heavy (non-hydrogen) atoms. The molecule has 0 aliphatic rings. The van der Waals surface area contributed by atoms with E-state index in [1.165, 1.54) is 115 Å². The highest BCUT2D eigenvalue weighted by Gasteiger charge is 2.25. The SMILES string of the molecule is C=CC(=O)OC(C)[N+](C)(C)CCCCCCCCCCCCCCCCCCC.[Br-]. The average molecular weight is 491 g/mol. The number of quaternary nitrogens is 1. The zero-order chi connectivity index (χ0) is 21.8. The Morgan fingerprint density at radius 2 is 1.10 bits per heavy atom. The molecule has 0 radical (unpaired) electrons. The number of esters is 1. The molecule has 1 atom stereocenters.